The summed E-state index contributed by atoms with van der Waals surface area (Å²) < 4.78 is 9.15. The molecule has 0 aliphatic carbocycles. The first-order valence-corrected chi connectivity index (χ1v) is 9.10. The highest BCUT2D eigenvalue weighted by Crippen LogP contribution is 2.21. The number of aromatic nitrogens is 3. The molecule has 9 heteroatoms. The van der Waals surface area contributed by atoms with E-state index in [1.165, 1.54) is 4.90 Å². The molecule has 2 aromatic rings. The maximum Gasteiger partial charge on any atom is 0.314 e. The Balaban J connectivity index is 1.80. The zero-order valence-electron chi connectivity index (χ0n) is 13.3. The first-order chi connectivity index (χ1) is 11.5. The van der Waals surface area contributed by atoms with Gasteiger partial charge in [-0.2, -0.15) is 4.68 Å². The molecule has 1 fully saturated rings. The van der Waals surface area contributed by atoms with E-state index >= 15 is 0 Å². The van der Waals surface area contributed by atoms with Gasteiger partial charge in [0.1, 0.15) is 5.92 Å². The van der Waals surface area contributed by atoms with Gasteiger partial charge in [-0.15, -0.1) is 5.10 Å². The number of fused-ring (bicyclic) bond motifs is 1. The van der Waals surface area contributed by atoms with Crippen LogP contribution >= 0.6 is 35.4 Å². The van der Waals surface area contributed by atoms with E-state index in [2.05, 4.69) is 5.10 Å². The molecule has 2 atom stereocenters. The van der Waals surface area contributed by atoms with Crippen molar-refractivity contribution in [3.8, 4) is 0 Å². The summed E-state index contributed by atoms with van der Waals surface area (Å²) in [7, 11) is 0. The molecule has 0 saturated carbocycles. The van der Waals surface area contributed by atoms with Crippen LogP contribution in [0.25, 0.3) is 5.65 Å². The topological polar surface area (TPSA) is 53.0 Å². The van der Waals surface area contributed by atoms with E-state index in [4.69, 9.17) is 40.2 Å². The molecule has 3 rings (SSSR count). The maximum absolute atomic E-state index is 12.0. The summed E-state index contributed by atoms with van der Waals surface area (Å²) in [6.07, 6.45) is 3.56. The van der Waals surface area contributed by atoms with Crippen molar-refractivity contribution in [1.29, 1.82) is 0 Å². The highest BCUT2D eigenvalue weighted by Gasteiger charge is 2.30. The molecule has 1 unspecified atom stereocenters. The van der Waals surface area contributed by atoms with Gasteiger partial charge >= 0.3 is 5.97 Å². The van der Waals surface area contributed by atoms with E-state index in [0.29, 0.717) is 33.7 Å². The van der Waals surface area contributed by atoms with Gasteiger partial charge < -0.3 is 9.64 Å². The number of halogens is 2. The van der Waals surface area contributed by atoms with Crippen LogP contribution in [0.2, 0.25) is 10.0 Å². The number of nitrogens with zero attached hydrogens (tertiary/aromatic N) is 3. The van der Waals surface area contributed by atoms with Gasteiger partial charge in [0.15, 0.2) is 12.3 Å². The number of carbonyl (C=O) groups excluding carboxylic acids is 1. The van der Waals surface area contributed by atoms with Crippen LogP contribution in [0.3, 0.4) is 0 Å². The lowest BCUT2D eigenvalue weighted by Gasteiger charge is -2.28. The van der Waals surface area contributed by atoms with E-state index < -0.39 is 0 Å². The fraction of sp³-hybridized carbons (Fsp3) is 0.533. The number of hydrogen-bond acceptors (Lipinski definition) is 4. The van der Waals surface area contributed by atoms with Crippen LogP contribution in [0.15, 0.2) is 12.3 Å². The fourth-order valence-electron chi connectivity index (χ4n) is 3.12. The minimum Gasteiger partial charge on any atom is -0.466 e. The normalized spacial score (nSPS) is 21.1. The van der Waals surface area contributed by atoms with Gasteiger partial charge in [0.25, 0.3) is 0 Å². The zero-order chi connectivity index (χ0) is 17.3. The van der Waals surface area contributed by atoms with Crippen molar-refractivity contribution in [1.82, 2.24) is 14.2 Å². The number of likely N-dealkylation sites (tertiary alicyclic amines) is 1. The van der Waals surface area contributed by atoms with Crippen LogP contribution in [0.5, 0.6) is 0 Å². The molecule has 0 amide bonds. The number of rotatable bonds is 4. The number of ether oxygens (including phenoxy) is 1. The third-order valence-electron chi connectivity index (χ3n) is 4.21. The van der Waals surface area contributed by atoms with Crippen LogP contribution in [-0.2, 0) is 16.2 Å². The largest absolute Gasteiger partial charge is 0.466 e. The Labute approximate surface area is 154 Å². The van der Waals surface area contributed by atoms with Crippen molar-refractivity contribution in [2.45, 2.75) is 26.4 Å². The Morgan fingerprint density at radius 2 is 2.33 bits per heavy atom. The second-order valence-electron chi connectivity index (χ2n) is 5.94. The molecular weight excluding hydrogens is 371 g/mol. The van der Waals surface area contributed by atoms with Gasteiger partial charge in [-0.05, 0) is 38.0 Å². The number of carbonyl (C=O) groups is 1. The monoisotopic (exact) mass is 389 g/mol. The van der Waals surface area contributed by atoms with Crippen LogP contribution in [0.1, 0.15) is 19.8 Å². The SMILES string of the molecule is CCOC(=O)[C@@H]1CCC[NH+](Cn2nc3c(Cl)cc(Cl)cn3c2=S)C1. The first kappa shape index (κ1) is 17.7. The molecule has 0 bridgehead atoms. The van der Waals surface area contributed by atoms with Crippen LogP contribution in [-0.4, -0.2) is 39.8 Å². The summed E-state index contributed by atoms with van der Waals surface area (Å²) in [6.45, 7) is 4.53. The highest BCUT2D eigenvalue weighted by molar-refractivity contribution is 7.71. The number of pyridine rings is 1. The van der Waals surface area contributed by atoms with Gasteiger partial charge in [0.05, 0.1) is 29.7 Å². The lowest BCUT2D eigenvalue weighted by Crippen LogP contribution is -3.13. The third-order valence-corrected chi connectivity index (χ3v) is 5.10. The maximum atomic E-state index is 12.0. The second-order valence-corrected chi connectivity index (χ2v) is 7.14. The smallest absolute Gasteiger partial charge is 0.314 e. The molecule has 2 aromatic heterocycles. The third kappa shape index (κ3) is 3.59. The van der Waals surface area contributed by atoms with E-state index in [0.717, 1.165) is 25.9 Å². The molecule has 1 aliphatic rings. The summed E-state index contributed by atoms with van der Waals surface area (Å²) in [4.78, 5) is 13.2. The Bertz CT molecular complexity index is 820. The number of piperidine rings is 1. The summed E-state index contributed by atoms with van der Waals surface area (Å²) in [5.41, 5.74) is 0.587. The van der Waals surface area contributed by atoms with Gasteiger partial charge in [-0.1, -0.05) is 23.2 Å². The first-order valence-electron chi connectivity index (χ1n) is 7.94. The summed E-state index contributed by atoms with van der Waals surface area (Å²) in [5.74, 6) is -0.166. The number of quaternary nitrogens is 1. The predicted molar refractivity (Wildman–Crippen MR) is 94.1 cm³/mol. The Morgan fingerprint density at radius 3 is 3.08 bits per heavy atom. The lowest BCUT2D eigenvalue weighted by molar-refractivity contribution is -0.930. The van der Waals surface area contributed by atoms with E-state index in [1.54, 1.807) is 21.3 Å². The molecule has 130 valence electrons. The lowest BCUT2D eigenvalue weighted by atomic mass is 9.99. The average molecular weight is 390 g/mol. The second kappa shape index (κ2) is 7.39. The molecule has 1 N–H and O–H groups in total. The summed E-state index contributed by atoms with van der Waals surface area (Å²) in [6, 6.07) is 1.65. The minimum absolute atomic E-state index is 0.0575. The Morgan fingerprint density at radius 1 is 1.54 bits per heavy atom. The standard InChI is InChI=1S/C15H18Cl2N4O2S/c1-2-23-14(22)10-4-3-5-19(7-10)9-21-15(24)20-8-11(16)6-12(17)13(20)18-21/h6,8,10H,2-5,7,9H2,1H3/p+1/t10-/m1/s1. The van der Waals surface area contributed by atoms with Gasteiger partial charge in [0.2, 0.25) is 4.77 Å². The fourth-order valence-corrected chi connectivity index (χ4v) is 3.87. The predicted octanol–water partition coefficient (Wildman–Crippen LogP) is 1.99. The highest BCUT2D eigenvalue weighted by atomic mass is 35.5. The van der Waals surface area contributed by atoms with E-state index in [-0.39, 0.29) is 11.9 Å². The molecule has 0 spiro atoms. The quantitative estimate of drug-likeness (QED) is 0.641. The molecule has 0 radical (unpaired) electrons. The Kier molecular flexibility index (Phi) is 5.44. The van der Waals surface area contributed by atoms with Crippen molar-refractivity contribution in [2.24, 2.45) is 5.92 Å². The number of nitrogens with one attached hydrogen (secondary N) is 1. The van der Waals surface area contributed by atoms with E-state index in [9.17, 15) is 4.79 Å². The zero-order valence-corrected chi connectivity index (χ0v) is 15.6. The molecule has 0 aromatic carbocycles. The van der Waals surface area contributed by atoms with Crippen molar-refractivity contribution in [2.75, 3.05) is 19.7 Å². The Hall–Kier alpha value is -1.15. The van der Waals surface area contributed by atoms with Crippen LogP contribution in [0.4, 0.5) is 0 Å². The number of hydrogen-bond donors (Lipinski definition) is 1. The number of esters is 1. The van der Waals surface area contributed by atoms with Gasteiger partial charge in [-0.3, -0.25) is 9.20 Å². The molecule has 24 heavy (non-hydrogen) atoms. The van der Waals surface area contributed by atoms with Crippen molar-refractivity contribution in [3.63, 3.8) is 0 Å². The molecule has 1 saturated heterocycles. The minimum atomic E-state index is -0.108. The molecular formula is C15H19Cl2N4O2S+. The summed E-state index contributed by atoms with van der Waals surface area (Å²) in [5, 5.41) is 5.47. The van der Waals surface area contributed by atoms with Crippen molar-refractivity contribution < 1.29 is 14.4 Å². The molecule has 3 heterocycles. The van der Waals surface area contributed by atoms with Crippen LogP contribution in [0, 0.1) is 10.7 Å². The van der Waals surface area contributed by atoms with Gasteiger partial charge in [0, 0.05) is 6.20 Å². The molecule has 6 nitrogen and oxygen atoms in total. The van der Waals surface area contributed by atoms with Crippen LogP contribution < -0.4 is 4.90 Å². The average Bonchev–Trinajstić information content (AvgIpc) is 2.85. The van der Waals surface area contributed by atoms with E-state index in [1.807, 2.05) is 6.92 Å². The molecule has 1 aliphatic heterocycles. The van der Waals surface area contributed by atoms with Gasteiger partial charge in [-0.25, -0.2) is 0 Å². The van der Waals surface area contributed by atoms with Crippen molar-refractivity contribution in [3.05, 3.63) is 27.1 Å². The summed E-state index contributed by atoms with van der Waals surface area (Å²) >= 11 is 17.7. The van der Waals surface area contributed by atoms with Crippen molar-refractivity contribution >= 4 is 47.0 Å².